The van der Waals surface area contributed by atoms with Crippen LogP contribution in [0.5, 0.6) is 0 Å². The first-order valence-corrected chi connectivity index (χ1v) is 10.1. The van der Waals surface area contributed by atoms with Gasteiger partial charge < -0.3 is 19.7 Å². The van der Waals surface area contributed by atoms with Crippen LogP contribution < -0.4 is 5.32 Å². The normalized spacial score (nSPS) is 21.8. The molecule has 1 saturated carbocycles. The summed E-state index contributed by atoms with van der Waals surface area (Å²) < 4.78 is 2.29. The minimum atomic E-state index is 0.0874. The summed E-state index contributed by atoms with van der Waals surface area (Å²) in [7, 11) is 0. The predicted octanol–water partition coefficient (Wildman–Crippen LogP) is 3.45. The van der Waals surface area contributed by atoms with Crippen LogP contribution in [0.25, 0.3) is 10.9 Å². The molecule has 0 bridgehead atoms. The molecule has 2 fully saturated rings. The number of nitrogens with zero attached hydrogens (tertiary/aromatic N) is 3. The Balaban J connectivity index is 1.23. The Morgan fingerprint density at radius 2 is 1.85 bits per heavy atom. The summed E-state index contributed by atoms with van der Waals surface area (Å²) in [6.07, 6.45) is 4.89. The molecule has 0 spiro atoms. The number of nitrogens with one attached hydrogen (secondary N) is 1. The van der Waals surface area contributed by atoms with Crippen LogP contribution in [-0.4, -0.2) is 52.1 Å². The van der Waals surface area contributed by atoms with Crippen LogP contribution in [0.3, 0.4) is 0 Å². The maximum atomic E-state index is 12.7. The quantitative estimate of drug-likeness (QED) is 0.877. The maximum absolute atomic E-state index is 12.7. The van der Waals surface area contributed by atoms with Gasteiger partial charge in [0.2, 0.25) is 0 Å². The minimum absolute atomic E-state index is 0.0874. The van der Waals surface area contributed by atoms with Gasteiger partial charge in [-0.25, -0.2) is 4.79 Å². The first kappa shape index (κ1) is 16.5. The molecule has 1 aliphatic carbocycles. The molecule has 3 heterocycles. The van der Waals surface area contributed by atoms with Crippen LogP contribution in [0.15, 0.2) is 24.3 Å². The number of benzene rings is 1. The standard InChI is InChI=1S/C20H25ClN4O/c21-15-2-1-14-11-18-13-24(9-10-25(18)19(14)12-15)20(26)22-16-5-7-23(8-6-16)17-3-4-17/h1-2,11-12,16-17H,3-10,13H2,(H,22,26). The fraction of sp³-hybridized carbons (Fsp3) is 0.550. The number of amides is 2. The number of carbonyl (C=O) groups excluding carboxylic acids is 1. The second-order valence-corrected chi connectivity index (χ2v) is 8.34. The summed E-state index contributed by atoms with van der Waals surface area (Å²) in [6.45, 7) is 4.50. The Morgan fingerprint density at radius 1 is 1.04 bits per heavy atom. The van der Waals surface area contributed by atoms with E-state index in [0.717, 1.165) is 50.1 Å². The summed E-state index contributed by atoms with van der Waals surface area (Å²) in [5, 5.41) is 5.23. The molecule has 1 N–H and O–H groups in total. The van der Waals surface area contributed by atoms with Gasteiger partial charge in [0.15, 0.2) is 0 Å². The van der Waals surface area contributed by atoms with E-state index in [1.807, 2.05) is 17.0 Å². The zero-order valence-electron chi connectivity index (χ0n) is 15.0. The van der Waals surface area contributed by atoms with Crippen molar-refractivity contribution in [1.29, 1.82) is 0 Å². The van der Waals surface area contributed by atoms with Gasteiger partial charge in [0.1, 0.15) is 0 Å². The molecule has 6 heteroatoms. The highest BCUT2D eigenvalue weighted by Crippen LogP contribution is 2.30. The number of likely N-dealkylation sites (tertiary alicyclic amines) is 1. The van der Waals surface area contributed by atoms with E-state index in [-0.39, 0.29) is 6.03 Å². The van der Waals surface area contributed by atoms with Crippen molar-refractivity contribution in [2.75, 3.05) is 19.6 Å². The summed E-state index contributed by atoms with van der Waals surface area (Å²) in [6, 6.07) is 9.43. The fourth-order valence-corrected chi connectivity index (χ4v) is 4.63. The molecule has 5 rings (SSSR count). The smallest absolute Gasteiger partial charge is 0.318 e. The molecule has 0 radical (unpaired) electrons. The van der Waals surface area contributed by atoms with Crippen molar-refractivity contribution in [3.63, 3.8) is 0 Å². The molecule has 1 aromatic heterocycles. The van der Waals surface area contributed by atoms with Gasteiger partial charge in [0, 0.05) is 59.9 Å². The number of hydrogen-bond acceptors (Lipinski definition) is 2. The number of aromatic nitrogens is 1. The summed E-state index contributed by atoms with van der Waals surface area (Å²) >= 11 is 6.15. The molecule has 2 aromatic rings. The van der Waals surface area contributed by atoms with Crippen molar-refractivity contribution in [2.45, 2.75) is 50.9 Å². The largest absolute Gasteiger partial charge is 0.341 e. The fourth-order valence-electron chi connectivity index (χ4n) is 4.46. The molecular weight excluding hydrogens is 348 g/mol. The lowest BCUT2D eigenvalue weighted by Gasteiger charge is -2.35. The molecule has 138 valence electrons. The van der Waals surface area contributed by atoms with Gasteiger partial charge in [0.05, 0.1) is 6.54 Å². The van der Waals surface area contributed by atoms with Crippen LogP contribution in [0.4, 0.5) is 4.79 Å². The first-order chi connectivity index (χ1) is 12.7. The Kier molecular flexibility index (Phi) is 4.09. The number of hydrogen-bond donors (Lipinski definition) is 1. The topological polar surface area (TPSA) is 40.5 Å². The van der Waals surface area contributed by atoms with Crippen LogP contribution in [0, 0.1) is 0 Å². The minimum Gasteiger partial charge on any atom is -0.341 e. The summed E-state index contributed by atoms with van der Waals surface area (Å²) in [5.74, 6) is 0. The van der Waals surface area contributed by atoms with Gasteiger partial charge >= 0.3 is 6.03 Å². The van der Waals surface area contributed by atoms with E-state index >= 15 is 0 Å². The van der Waals surface area contributed by atoms with Crippen molar-refractivity contribution in [2.24, 2.45) is 0 Å². The number of carbonyl (C=O) groups is 1. The highest BCUT2D eigenvalue weighted by atomic mass is 35.5. The first-order valence-electron chi connectivity index (χ1n) is 9.74. The van der Waals surface area contributed by atoms with Crippen LogP contribution in [-0.2, 0) is 13.1 Å². The number of rotatable bonds is 2. The average molecular weight is 373 g/mol. The van der Waals surface area contributed by atoms with Gasteiger partial charge in [-0.2, -0.15) is 0 Å². The second-order valence-electron chi connectivity index (χ2n) is 7.90. The zero-order chi connectivity index (χ0) is 17.7. The Hall–Kier alpha value is -1.72. The number of fused-ring (bicyclic) bond motifs is 3. The molecule has 5 nitrogen and oxygen atoms in total. The van der Waals surface area contributed by atoms with E-state index < -0.39 is 0 Å². The highest BCUT2D eigenvalue weighted by molar-refractivity contribution is 6.31. The van der Waals surface area contributed by atoms with Crippen LogP contribution >= 0.6 is 11.6 Å². The van der Waals surface area contributed by atoms with E-state index in [1.54, 1.807) is 0 Å². The molecule has 2 amide bonds. The SMILES string of the molecule is O=C(NC1CCN(C2CC2)CC1)N1CCn2c(cc3ccc(Cl)cc32)C1. The van der Waals surface area contributed by atoms with Crippen LogP contribution in [0.1, 0.15) is 31.4 Å². The number of piperidine rings is 1. The van der Waals surface area contributed by atoms with E-state index in [2.05, 4.69) is 26.9 Å². The lowest BCUT2D eigenvalue weighted by atomic mass is 10.1. The molecule has 0 atom stereocenters. The van der Waals surface area contributed by atoms with E-state index in [4.69, 9.17) is 11.6 Å². The third-order valence-electron chi connectivity index (χ3n) is 6.11. The van der Waals surface area contributed by atoms with Crippen molar-refractivity contribution in [1.82, 2.24) is 19.7 Å². The van der Waals surface area contributed by atoms with Crippen LogP contribution in [0.2, 0.25) is 5.02 Å². The summed E-state index contributed by atoms with van der Waals surface area (Å²) in [5.41, 5.74) is 2.35. The Bertz CT molecular complexity index is 836. The predicted molar refractivity (Wildman–Crippen MR) is 104 cm³/mol. The van der Waals surface area contributed by atoms with Crippen molar-refractivity contribution in [3.05, 3.63) is 35.0 Å². The van der Waals surface area contributed by atoms with Crippen molar-refractivity contribution in [3.8, 4) is 0 Å². The molecule has 1 aromatic carbocycles. The monoisotopic (exact) mass is 372 g/mol. The van der Waals surface area contributed by atoms with Gasteiger partial charge in [-0.1, -0.05) is 17.7 Å². The zero-order valence-corrected chi connectivity index (χ0v) is 15.7. The Labute approximate surface area is 158 Å². The van der Waals surface area contributed by atoms with Gasteiger partial charge in [-0.15, -0.1) is 0 Å². The van der Waals surface area contributed by atoms with E-state index in [9.17, 15) is 4.79 Å². The van der Waals surface area contributed by atoms with Crippen molar-refractivity contribution < 1.29 is 4.79 Å². The van der Waals surface area contributed by atoms with Gasteiger partial charge in [-0.05, 0) is 43.9 Å². The van der Waals surface area contributed by atoms with E-state index in [1.165, 1.54) is 29.4 Å². The molecule has 0 unspecified atom stereocenters. The lowest BCUT2D eigenvalue weighted by Crippen LogP contribution is -2.50. The van der Waals surface area contributed by atoms with E-state index in [0.29, 0.717) is 12.6 Å². The third-order valence-corrected chi connectivity index (χ3v) is 6.34. The Morgan fingerprint density at radius 3 is 2.62 bits per heavy atom. The van der Waals surface area contributed by atoms with Crippen molar-refractivity contribution >= 4 is 28.5 Å². The average Bonchev–Trinajstić information content (AvgIpc) is 3.43. The molecule has 3 aliphatic rings. The number of urea groups is 1. The van der Waals surface area contributed by atoms with Gasteiger partial charge in [-0.3, -0.25) is 0 Å². The third kappa shape index (κ3) is 3.08. The molecular formula is C20H25ClN4O. The second kappa shape index (κ2) is 6.46. The maximum Gasteiger partial charge on any atom is 0.318 e. The number of halogens is 1. The summed E-state index contributed by atoms with van der Waals surface area (Å²) in [4.78, 5) is 17.3. The highest BCUT2D eigenvalue weighted by Gasteiger charge is 2.32. The lowest BCUT2D eigenvalue weighted by molar-refractivity contribution is 0.161. The molecule has 2 aliphatic heterocycles. The van der Waals surface area contributed by atoms with Gasteiger partial charge in [0.25, 0.3) is 0 Å². The molecule has 1 saturated heterocycles. The molecule has 26 heavy (non-hydrogen) atoms.